The summed E-state index contributed by atoms with van der Waals surface area (Å²) in [5.74, 6) is 0. The molecule has 0 unspecified atom stereocenters. The van der Waals surface area contributed by atoms with Gasteiger partial charge in [0.15, 0.2) is 0 Å². The summed E-state index contributed by atoms with van der Waals surface area (Å²) in [6.07, 6.45) is 6.54. The first kappa shape index (κ1) is 11.8. The first-order valence-corrected chi connectivity index (χ1v) is 5.88. The predicted molar refractivity (Wildman–Crippen MR) is 68.9 cm³/mol. The Labute approximate surface area is 101 Å². The van der Waals surface area contributed by atoms with Crippen molar-refractivity contribution in [2.75, 3.05) is 13.1 Å². The van der Waals surface area contributed by atoms with Crippen LogP contribution in [0.5, 0.6) is 0 Å². The van der Waals surface area contributed by atoms with E-state index in [-0.39, 0.29) is 0 Å². The lowest BCUT2D eigenvalue weighted by atomic mass is 10.2. The summed E-state index contributed by atoms with van der Waals surface area (Å²) in [6, 6.07) is 8.46. The monoisotopic (exact) mass is 230 g/mol. The molecule has 1 heterocycles. The second-order valence-electron chi connectivity index (χ2n) is 3.96. The van der Waals surface area contributed by atoms with Crippen molar-refractivity contribution in [2.45, 2.75) is 13.0 Å². The van der Waals surface area contributed by atoms with Crippen LogP contribution >= 0.6 is 0 Å². The molecule has 0 aliphatic rings. The molecule has 0 amide bonds. The van der Waals surface area contributed by atoms with E-state index in [1.165, 1.54) is 5.56 Å². The lowest BCUT2D eigenvalue weighted by Crippen LogP contribution is -2.17. The number of nitrogens with two attached hydrogens (primary N) is 1. The molecule has 90 valence electrons. The van der Waals surface area contributed by atoms with Gasteiger partial charge < -0.3 is 15.6 Å². The molecular weight excluding hydrogens is 212 g/mol. The van der Waals surface area contributed by atoms with Gasteiger partial charge in [0.05, 0.1) is 6.33 Å². The van der Waals surface area contributed by atoms with Crippen LogP contribution < -0.4 is 11.1 Å². The van der Waals surface area contributed by atoms with E-state index in [9.17, 15) is 0 Å². The van der Waals surface area contributed by atoms with Crippen molar-refractivity contribution in [3.05, 3.63) is 48.5 Å². The normalized spacial score (nSPS) is 10.6. The maximum absolute atomic E-state index is 5.43. The molecule has 2 aromatic rings. The molecule has 0 radical (unpaired) electrons. The highest BCUT2D eigenvalue weighted by atomic mass is 15.0. The fraction of sp³-hybridized carbons (Fsp3) is 0.308. The zero-order chi connectivity index (χ0) is 11.9. The Bertz CT molecular complexity index is 419. The van der Waals surface area contributed by atoms with Gasteiger partial charge in [0.1, 0.15) is 0 Å². The second kappa shape index (κ2) is 6.18. The zero-order valence-corrected chi connectivity index (χ0v) is 9.84. The minimum absolute atomic E-state index is 0.743. The molecular formula is C13H18N4. The predicted octanol–water partition coefficient (Wildman–Crippen LogP) is 1.31. The van der Waals surface area contributed by atoms with E-state index in [0.717, 1.165) is 31.7 Å². The summed E-state index contributed by atoms with van der Waals surface area (Å²) >= 11 is 0. The van der Waals surface area contributed by atoms with Crippen molar-refractivity contribution in [1.29, 1.82) is 0 Å². The average Bonchev–Trinajstić information content (AvgIpc) is 2.89. The van der Waals surface area contributed by atoms with Gasteiger partial charge in [0.2, 0.25) is 0 Å². The van der Waals surface area contributed by atoms with Crippen LogP contribution in [-0.4, -0.2) is 22.6 Å². The van der Waals surface area contributed by atoms with E-state index in [4.69, 9.17) is 5.73 Å². The molecule has 0 bridgehead atoms. The second-order valence-corrected chi connectivity index (χ2v) is 3.96. The maximum Gasteiger partial charge on any atom is 0.0991 e. The van der Waals surface area contributed by atoms with Crippen molar-refractivity contribution in [3.8, 4) is 5.69 Å². The van der Waals surface area contributed by atoms with Crippen LogP contribution in [0.4, 0.5) is 0 Å². The van der Waals surface area contributed by atoms with Crippen LogP contribution in [0.15, 0.2) is 43.0 Å². The number of rotatable bonds is 6. The third kappa shape index (κ3) is 3.41. The molecule has 0 aliphatic carbocycles. The fourth-order valence-corrected chi connectivity index (χ4v) is 1.66. The summed E-state index contributed by atoms with van der Waals surface area (Å²) < 4.78 is 1.99. The van der Waals surface area contributed by atoms with Gasteiger partial charge >= 0.3 is 0 Å². The molecule has 2 rings (SSSR count). The average molecular weight is 230 g/mol. The number of benzene rings is 1. The van der Waals surface area contributed by atoms with E-state index in [0.29, 0.717) is 0 Å². The first-order chi connectivity index (χ1) is 8.40. The summed E-state index contributed by atoms with van der Waals surface area (Å²) in [4.78, 5) is 4.03. The Morgan fingerprint density at radius 1 is 1.24 bits per heavy atom. The minimum atomic E-state index is 0.743. The maximum atomic E-state index is 5.43. The highest BCUT2D eigenvalue weighted by Crippen LogP contribution is 2.08. The molecule has 3 N–H and O–H groups in total. The van der Waals surface area contributed by atoms with Crippen molar-refractivity contribution >= 4 is 0 Å². The number of aromatic nitrogens is 2. The Morgan fingerprint density at radius 3 is 2.71 bits per heavy atom. The minimum Gasteiger partial charge on any atom is -0.330 e. The highest BCUT2D eigenvalue weighted by Gasteiger charge is 1.96. The topological polar surface area (TPSA) is 55.9 Å². The van der Waals surface area contributed by atoms with E-state index in [1.54, 1.807) is 12.5 Å². The van der Waals surface area contributed by atoms with Gasteiger partial charge in [-0.1, -0.05) is 12.1 Å². The first-order valence-electron chi connectivity index (χ1n) is 5.88. The van der Waals surface area contributed by atoms with Crippen molar-refractivity contribution in [3.63, 3.8) is 0 Å². The molecule has 1 aromatic carbocycles. The van der Waals surface area contributed by atoms with Crippen molar-refractivity contribution in [2.24, 2.45) is 5.73 Å². The Balaban J connectivity index is 1.90. The van der Waals surface area contributed by atoms with Crippen LogP contribution in [0, 0.1) is 0 Å². The summed E-state index contributed by atoms with van der Waals surface area (Å²) in [6.45, 7) is 2.61. The molecule has 0 aliphatic heterocycles. The third-order valence-corrected chi connectivity index (χ3v) is 2.63. The van der Waals surface area contributed by atoms with Crippen molar-refractivity contribution < 1.29 is 0 Å². The van der Waals surface area contributed by atoms with Crippen LogP contribution in [0.2, 0.25) is 0 Å². The van der Waals surface area contributed by atoms with Crippen molar-refractivity contribution in [1.82, 2.24) is 14.9 Å². The molecule has 1 aromatic heterocycles. The standard InChI is InChI=1S/C13H18N4/c14-6-1-7-15-10-12-2-4-13(5-3-12)17-9-8-16-11-17/h2-5,8-9,11,15H,1,6-7,10,14H2. The summed E-state index contributed by atoms with van der Waals surface area (Å²) in [5, 5.41) is 3.36. The number of hydrogen-bond acceptors (Lipinski definition) is 3. The number of hydrogen-bond donors (Lipinski definition) is 2. The SMILES string of the molecule is NCCCNCc1ccc(-n2ccnc2)cc1. The van der Waals surface area contributed by atoms with Crippen LogP contribution in [-0.2, 0) is 6.54 Å². The van der Waals surface area contributed by atoms with Gasteiger partial charge in [0.25, 0.3) is 0 Å². The summed E-state index contributed by atoms with van der Waals surface area (Å²) in [7, 11) is 0. The van der Waals surface area contributed by atoms with E-state index < -0.39 is 0 Å². The largest absolute Gasteiger partial charge is 0.330 e. The van der Waals surface area contributed by atoms with E-state index >= 15 is 0 Å². The zero-order valence-electron chi connectivity index (χ0n) is 9.84. The highest BCUT2D eigenvalue weighted by molar-refractivity contribution is 5.34. The number of nitrogens with zero attached hydrogens (tertiary/aromatic N) is 2. The van der Waals surface area contributed by atoms with Gasteiger partial charge in [-0.2, -0.15) is 0 Å². The van der Waals surface area contributed by atoms with Gasteiger partial charge in [-0.05, 0) is 37.2 Å². The molecule has 17 heavy (non-hydrogen) atoms. The Morgan fingerprint density at radius 2 is 2.06 bits per heavy atom. The molecule has 0 saturated heterocycles. The van der Waals surface area contributed by atoms with E-state index in [1.807, 2.05) is 10.8 Å². The number of nitrogens with one attached hydrogen (secondary N) is 1. The molecule has 4 heteroatoms. The molecule has 0 atom stereocenters. The van der Waals surface area contributed by atoms with Crippen LogP contribution in [0.3, 0.4) is 0 Å². The summed E-state index contributed by atoms with van der Waals surface area (Å²) in [5.41, 5.74) is 7.85. The van der Waals surface area contributed by atoms with Crippen LogP contribution in [0.1, 0.15) is 12.0 Å². The van der Waals surface area contributed by atoms with Crippen LogP contribution in [0.25, 0.3) is 5.69 Å². The van der Waals surface area contributed by atoms with E-state index in [2.05, 4.69) is 34.6 Å². The Hall–Kier alpha value is -1.65. The smallest absolute Gasteiger partial charge is 0.0991 e. The molecule has 4 nitrogen and oxygen atoms in total. The number of imidazole rings is 1. The molecule has 0 fully saturated rings. The van der Waals surface area contributed by atoms with Gasteiger partial charge in [-0.3, -0.25) is 0 Å². The quantitative estimate of drug-likeness (QED) is 0.736. The Kier molecular flexibility index (Phi) is 4.30. The lowest BCUT2D eigenvalue weighted by molar-refractivity contribution is 0.655. The molecule has 0 spiro atoms. The van der Waals surface area contributed by atoms with Gasteiger partial charge in [-0.25, -0.2) is 4.98 Å². The lowest BCUT2D eigenvalue weighted by Gasteiger charge is -2.06. The van der Waals surface area contributed by atoms with Gasteiger partial charge in [0, 0.05) is 24.6 Å². The molecule has 0 saturated carbocycles. The third-order valence-electron chi connectivity index (χ3n) is 2.63. The van der Waals surface area contributed by atoms with Gasteiger partial charge in [-0.15, -0.1) is 0 Å². The fourth-order valence-electron chi connectivity index (χ4n) is 1.66.